The number of allylic oxidation sites excluding steroid dienone is 1. The maximum atomic E-state index is 9.42. The van der Waals surface area contributed by atoms with Crippen molar-refractivity contribution in [3.63, 3.8) is 0 Å². The van der Waals surface area contributed by atoms with Crippen LogP contribution < -0.4 is 0 Å². The zero-order valence-electron chi connectivity index (χ0n) is 9.96. The smallest absolute Gasteiger partial charge is 0.117 e. The fraction of sp³-hybridized carbons (Fsp3) is 0.357. The van der Waals surface area contributed by atoms with E-state index in [9.17, 15) is 5.26 Å². The Kier molecular flexibility index (Phi) is 3.01. The van der Waals surface area contributed by atoms with Crippen LogP contribution in [0.15, 0.2) is 41.3 Å². The van der Waals surface area contributed by atoms with Gasteiger partial charge in [-0.2, -0.15) is 5.26 Å². The molecule has 1 saturated carbocycles. The van der Waals surface area contributed by atoms with Crippen molar-refractivity contribution in [1.82, 2.24) is 0 Å². The highest BCUT2D eigenvalue weighted by Crippen LogP contribution is 2.68. The molecule has 0 radical (unpaired) electrons. The average molecular weight is 264 g/mol. The lowest BCUT2D eigenvalue weighted by Gasteiger charge is -2.16. The highest BCUT2D eigenvalue weighted by Gasteiger charge is 2.66. The molecule has 1 aliphatic rings. The molecule has 1 fully saturated rings. The number of benzene rings is 1. The second-order valence-corrected chi connectivity index (χ2v) is 6.59. The van der Waals surface area contributed by atoms with Crippen molar-refractivity contribution in [3.05, 3.63) is 41.4 Å². The fourth-order valence-corrected chi connectivity index (χ4v) is 3.59. The minimum Gasteiger partial charge on any atom is -0.197 e. The minimum absolute atomic E-state index is 0.0634. The Bertz CT molecular complexity index is 502. The molecule has 0 bridgehead atoms. The lowest BCUT2D eigenvalue weighted by molar-refractivity contribution is 0.669. The zero-order chi connectivity index (χ0) is 12.7. The van der Waals surface area contributed by atoms with E-state index in [1.54, 1.807) is 11.8 Å². The number of halogens is 1. The number of rotatable bonds is 3. The molecule has 2 unspecified atom stereocenters. The van der Waals surface area contributed by atoms with Crippen LogP contribution >= 0.6 is 23.4 Å². The van der Waals surface area contributed by atoms with E-state index in [-0.39, 0.29) is 10.2 Å². The first-order valence-electron chi connectivity index (χ1n) is 5.45. The van der Waals surface area contributed by atoms with Gasteiger partial charge in [0.25, 0.3) is 0 Å². The second-order valence-electron chi connectivity index (χ2n) is 4.78. The van der Waals surface area contributed by atoms with Gasteiger partial charge < -0.3 is 0 Å². The van der Waals surface area contributed by atoms with Crippen molar-refractivity contribution < 1.29 is 0 Å². The molecule has 2 rings (SSSR count). The summed E-state index contributed by atoms with van der Waals surface area (Å²) < 4.78 is -0.355. The average Bonchev–Trinajstić information content (AvgIpc) is 2.90. The first kappa shape index (κ1) is 12.5. The third-order valence-corrected chi connectivity index (χ3v) is 5.39. The molecule has 1 aromatic rings. The number of thioether (sulfide) groups is 1. The van der Waals surface area contributed by atoms with Gasteiger partial charge in [-0.25, -0.2) is 0 Å². The van der Waals surface area contributed by atoms with E-state index in [1.165, 1.54) is 0 Å². The predicted molar refractivity (Wildman–Crippen MR) is 73.2 cm³/mol. The van der Waals surface area contributed by atoms with E-state index in [0.717, 1.165) is 21.9 Å². The molecule has 0 aromatic heterocycles. The number of hydrogen-bond acceptors (Lipinski definition) is 2. The Morgan fingerprint density at radius 1 is 1.47 bits per heavy atom. The highest BCUT2D eigenvalue weighted by molar-refractivity contribution is 8.01. The molecule has 1 nitrogen and oxygen atoms in total. The van der Waals surface area contributed by atoms with Crippen molar-refractivity contribution >= 4 is 23.4 Å². The molecule has 17 heavy (non-hydrogen) atoms. The molecule has 1 aliphatic carbocycles. The van der Waals surface area contributed by atoms with E-state index in [1.807, 2.05) is 31.2 Å². The number of nitrogens with zero attached hydrogens (tertiary/aromatic N) is 1. The van der Waals surface area contributed by atoms with Gasteiger partial charge in [-0.15, -0.1) is 11.8 Å². The summed E-state index contributed by atoms with van der Waals surface area (Å²) in [5.41, 5.74) is 1.02. The van der Waals surface area contributed by atoms with Gasteiger partial charge in [0.2, 0.25) is 0 Å². The summed E-state index contributed by atoms with van der Waals surface area (Å²) >= 11 is 7.47. The first-order chi connectivity index (χ1) is 7.93. The fourth-order valence-electron chi connectivity index (χ4n) is 1.99. The minimum atomic E-state index is -0.355. The molecule has 0 N–H and O–H groups in total. The van der Waals surface area contributed by atoms with Gasteiger partial charge in [0, 0.05) is 15.3 Å². The molecule has 1 aromatic carbocycles. The molecule has 0 spiro atoms. The van der Waals surface area contributed by atoms with E-state index >= 15 is 0 Å². The molecular formula is C14H14ClNS. The van der Waals surface area contributed by atoms with Crippen LogP contribution in [0.25, 0.3) is 0 Å². The van der Waals surface area contributed by atoms with Crippen molar-refractivity contribution in [1.29, 1.82) is 5.26 Å². The predicted octanol–water partition coefficient (Wildman–Crippen LogP) is 4.68. The van der Waals surface area contributed by atoms with Crippen LogP contribution in [0.2, 0.25) is 5.02 Å². The van der Waals surface area contributed by atoms with Gasteiger partial charge in [-0.1, -0.05) is 30.7 Å². The summed E-state index contributed by atoms with van der Waals surface area (Å²) in [5.74, 6) is 0. The third-order valence-electron chi connectivity index (χ3n) is 3.60. The molecule has 0 heterocycles. The van der Waals surface area contributed by atoms with Crippen molar-refractivity contribution in [3.8, 4) is 6.07 Å². The van der Waals surface area contributed by atoms with Crippen LogP contribution in [-0.2, 0) is 0 Å². The summed E-state index contributed by atoms with van der Waals surface area (Å²) in [4.78, 5) is 1.08. The SMILES string of the molecule is C=C(C)C1(C)CC1(C#N)Sc1ccc(Cl)cc1. The Hall–Kier alpha value is -0.910. The molecule has 88 valence electrons. The van der Waals surface area contributed by atoms with Gasteiger partial charge in [-0.3, -0.25) is 0 Å². The first-order valence-corrected chi connectivity index (χ1v) is 6.65. The molecule has 3 heteroatoms. The topological polar surface area (TPSA) is 23.8 Å². The summed E-state index contributed by atoms with van der Waals surface area (Å²) in [6.45, 7) is 8.12. The van der Waals surface area contributed by atoms with Crippen LogP contribution in [0.5, 0.6) is 0 Å². The Morgan fingerprint density at radius 3 is 2.47 bits per heavy atom. The molecule has 0 saturated heterocycles. The third kappa shape index (κ3) is 1.99. The molecule has 0 amide bonds. The Balaban J connectivity index is 2.22. The van der Waals surface area contributed by atoms with Crippen molar-refractivity contribution in [2.45, 2.75) is 29.9 Å². The van der Waals surface area contributed by atoms with Gasteiger partial charge in [-0.05, 0) is 37.6 Å². The summed E-state index contributed by atoms with van der Waals surface area (Å²) in [5, 5.41) is 10.1. The zero-order valence-corrected chi connectivity index (χ0v) is 11.5. The molecular weight excluding hydrogens is 250 g/mol. The van der Waals surface area contributed by atoms with Gasteiger partial charge in [0.1, 0.15) is 4.75 Å². The van der Waals surface area contributed by atoms with Gasteiger partial charge in [0.15, 0.2) is 0 Å². The Labute approximate surface area is 111 Å². The van der Waals surface area contributed by atoms with Crippen molar-refractivity contribution in [2.75, 3.05) is 0 Å². The lowest BCUT2D eigenvalue weighted by atomic mass is 9.98. The van der Waals surface area contributed by atoms with Gasteiger partial charge in [0.05, 0.1) is 6.07 Å². The number of nitriles is 1. The lowest BCUT2D eigenvalue weighted by Crippen LogP contribution is -2.12. The summed E-state index contributed by atoms with van der Waals surface area (Å²) in [6, 6.07) is 10.1. The standard InChI is InChI=1S/C14H14ClNS/c1-10(2)13(3)8-14(13,9-16)17-12-6-4-11(15)5-7-12/h4-7H,1,8H2,2-3H3. The molecule has 0 aliphatic heterocycles. The van der Waals surface area contributed by atoms with E-state index < -0.39 is 0 Å². The summed E-state index contributed by atoms with van der Waals surface area (Å²) in [7, 11) is 0. The van der Waals surface area contributed by atoms with Crippen LogP contribution in [0.4, 0.5) is 0 Å². The quantitative estimate of drug-likeness (QED) is 0.740. The van der Waals surface area contributed by atoms with Crippen molar-refractivity contribution in [2.24, 2.45) is 5.41 Å². The highest BCUT2D eigenvalue weighted by atomic mass is 35.5. The maximum absolute atomic E-state index is 9.42. The molecule has 2 atom stereocenters. The van der Waals surface area contributed by atoms with Crippen LogP contribution in [0, 0.1) is 16.7 Å². The normalized spacial score (nSPS) is 30.7. The number of hydrogen-bond donors (Lipinski definition) is 0. The van der Waals surface area contributed by atoms with E-state index in [4.69, 9.17) is 11.6 Å². The van der Waals surface area contributed by atoms with Crippen LogP contribution in [0.1, 0.15) is 20.3 Å². The van der Waals surface area contributed by atoms with Gasteiger partial charge >= 0.3 is 0 Å². The van der Waals surface area contributed by atoms with Crippen LogP contribution in [0.3, 0.4) is 0 Å². The van der Waals surface area contributed by atoms with E-state index in [0.29, 0.717) is 0 Å². The monoisotopic (exact) mass is 263 g/mol. The Morgan fingerprint density at radius 2 is 2.06 bits per heavy atom. The van der Waals surface area contributed by atoms with Crippen LogP contribution in [-0.4, -0.2) is 4.75 Å². The largest absolute Gasteiger partial charge is 0.197 e. The maximum Gasteiger partial charge on any atom is 0.117 e. The van der Waals surface area contributed by atoms with E-state index in [2.05, 4.69) is 19.6 Å². The summed E-state index contributed by atoms with van der Waals surface area (Å²) in [6.07, 6.45) is 0.874. The second kappa shape index (κ2) is 4.08.